The van der Waals surface area contributed by atoms with Crippen molar-refractivity contribution in [3.8, 4) is 0 Å². The van der Waals surface area contributed by atoms with Crippen LogP contribution in [0, 0.1) is 27.7 Å². The number of hydrogen-bond donors (Lipinski definition) is 11. The average molecular weight is 2320 g/mol. The molecule has 799 valence electrons. The number of aliphatic hydroxyl groups is 4. The molecule has 62 heteroatoms. The molecule has 0 aliphatic carbocycles. The molecule has 4 heterocycles. The number of nitrogens with zero attached hydrogens (tertiary/aromatic N) is 5. The van der Waals surface area contributed by atoms with Crippen LogP contribution in [0.25, 0.3) is 20.4 Å². The van der Waals surface area contributed by atoms with Crippen molar-refractivity contribution < 1.29 is 202 Å². The molecule has 22 nitrogen and oxygen atoms in total. The third kappa shape index (κ3) is 57.9. The van der Waals surface area contributed by atoms with Crippen LogP contribution in [0.4, 0.5) is 109 Å². The molecule has 3 unspecified atom stereocenters. The topological polar surface area (TPSA) is 396 Å². The summed E-state index contributed by atoms with van der Waals surface area (Å²) in [5.41, 5.74) is 21.6. The molecule has 15 N–H and O–H groups in total. The second-order valence-electron chi connectivity index (χ2n) is 32.2. The summed E-state index contributed by atoms with van der Waals surface area (Å²) in [6, 6.07) is 11.6. The Bertz CT molecular complexity index is 5580. The molecule has 9 aromatic rings. The molecule has 0 bridgehead atoms. The number of anilines is 2. The van der Waals surface area contributed by atoms with Gasteiger partial charge in [0.25, 0.3) is 5.91 Å². The molecule has 0 saturated carbocycles. The first-order chi connectivity index (χ1) is 58.8. The minimum Gasteiger partial charge on any atom is -1.00 e. The zero-order valence-electron chi connectivity index (χ0n) is 79.3. The van der Waals surface area contributed by atoms with Crippen molar-refractivity contribution in [2.45, 2.75) is 228 Å². The van der Waals surface area contributed by atoms with Crippen LogP contribution in [0.2, 0.25) is 0 Å². The third-order valence-electron chi connectivity index (χ3n) is 14.6. The number of benzene rings is 5. The molecule has 139 heavy (non-hydrogen) atoms. The van der Waals surface area contributed by atoms with E-state index in [0.717, 1.165) is 94.2 Å². The molecule has 4 aromatic heterocycles. The first-order valence-corrected chi connectivity index (χ1v) is 52.5. The Hall–Kier alpha value is -5.41. The molecule has 9 rings (SSSR count). The Morgan fingerprint density at radius 1 is 0.446 bits per heavy atom. The van der Waals surface area contributed by atoms with Crippen LogP contribution in [0.15, 0.2) is 150 Å². The van der Waals surface area contributed by atoms with Crippen LogP contribution >= 0.6 is 98.6 Å². The van der Waals surface area contributed by atoms with E-state index in [4.69, 9.17) is 47.9 Å². The van der Waals surface area contributed by atoms with Gasteiger partial charge in [-0.1, -0.05) is 158 Å². The molecule has 3 radical (unpaired) electrons. The smallest absolute Gasteiger partial charge is 1.00 e. The monoisotopic (exact) mass is 2310 g/mol. The summed E-state index contributed by atoms with van der Waals surface area (Å²) in [5, 5.41) is 65.9. The molecular formula is C77H113BCl2F25N11NaO11S10Ti. The van der Waals surface area contributed by atoms with Gasteiger partial charge in [0.15, 0.2) is 0 Å². The van der Waals surface area contributed by atoms with E-state index in [0.29, 0.717) is 97.9 Å². The molecular weight excluding hydrogens is 2200 g/mol. The number of carbonyl (C=O) groups is 3. The Kier molecular flexibility index (Phi) is 52.6. The summed E-state index contributed by atoms with van der Waals surface area (Å²) in [6.45, 7) is 36.6. The number of hydrogen-bond acceptors (Lipinski definition) is 19. The Morgan fingerprint density at radius 2 is 0.691 bits per heavy atom. The summed E-state index contributed by atoms with van der Waals surface area (Å²) >= 11 is 2.10. The van der Waals surface area contributed by atoms with E-state index < -0.39 is 130 Å². The van der Waals surface area contributed by atoms with Gasteiger partial charge in [0.2, 0.25) is 0 Å². The molecule has 5 aromatic carbocycles. The van der Waals surface area contributed by atoms with Crippen LogP contribution in [0.1, 0.15) is 194 Å². The van der Waals surface area contributed by atoms with Gasteiger partial charge in [-0.3, -0.25) is 14.7 Å². The second-order valence-corrected chi connectivity index (χ2v) is 52.0. The normalized spacial score (nSPS) is 14.7. The number of amides is 1. The fraction of sp³-hybridized carbons (Fsp3) is 0.403. The van der Waals surface area contributed by atoms with Gasteiger partial charge in [-0.05, 0) is 239 Å². The SMILES string of the molecule is CC(C)(C)S(=O)N=Cc1ccc(S(F)(F)(F)(F)F)cc1.CC(C)(C)S(=O)NCc1ccc(S(F)(F)(F)(F)F)cc1.CC(C)(C)S(N)=O.CC(C)O.CC(C)O.CC(C)O.CC(C)O.Cc1nnc2sc(C(=O)NCc3ccc(S(F)(F)(F)(F)F)cc3)c(N)c2c1C.Cc1nnc2sc(C(=O)O)c(N)c2c1C.Cl.Cl.NCc1ccc(S(F)(F)(F)(F)F)cc1.O=Cc1ccc(S(F)(F)(F)(F)F)cc1.[B].[H-].[Na+].[Ti]. The molecule has 1 amide bonds. The first-order valence-electron chi connectivity index (χ1n) is 37.7. The van der Waals surface area contributed by atoms with Crippen molar-refractivity contribution in [2.75, 3.05) is 11.5 Å². The number of carboxylic acid groups (broad SMARTS) is 1. The number of aromatic carboxylic acids is 1. The molecule has 3 atom stereocenters. The molecule has 0 fully saturated rings. The van der Waals surface area contributed by atoms with Gasteiger partial charge in [-0.15, -0.1) is 57.7 Å². The predicted octanol–water partition coefficient (Wildman–Crippen LogP) is 24.7. The first kappa shape index (κ1) is 147. The Morgan fingerprint density at radius 3 is 0.928 bits per heavy atom. The number of thiophene rings is 2. The summed E-state index contributed by atoms with van der Waals surface area (Å²) in [7, 11) is -52.2. The van der Waals surface area contributed by atoms with Crippen molar-refractivity contribution >= 4 is 196 Å². The Labute approximate surface area is 857 Å². The number of aromatic nitrogens is 4. The van der Waals surface area contributed by atoms with Gasteiger partial charge < -0.3 is 49.5 Å². The minimum absolute atomic E-state index is 0. The van der Waals surface area contributed by atoms with Gasteiger partial charge in [-0.2, -0.15) is 14.6 Å². The van der Waals surface area contributed by atoms with Crippen LogP contribution in [0.3, 0.4) is 0 Å². The number of aryl methyl sites for hydroxylation is 4. The zero-order chi connectivity index (χ0) is 106. The quantitative estimate of drug-likeness (QED) is 0.0185. The van der Waals surface area contributed by atoms with Crippen LogP contribution in [-0.4, -0.2) is 130 Å². The number of aldehydes is 1. The van der Waals surface area contributed by atoms with Gasteiger partial charge in [0.05, 0.1) is 59.0 Å². The number of nitrogens with two attached hydrogens (primary N) is 4. The van der Waals surface area contributed by atoms with Crippen LogP contribution in [-0.2, 0) is 74.3 Å². The van der Waals surface area contributed by atoms with Crippen molar-refractivity contribution in [1.82, 2.24) is 30.4 Å². The number of fused-ring (bicyclic) bond motifs is 2. The summed E-state index contributed by atoms with van der Waals surface area (Å²) in [6.07, 6.45) is 0.700. The number of carboxylic acids is 1. The Balaban J connectivity index is -0.000000239. The van der Waals surface area contributed by atoms with Crippen molar-refractivity contribution in [2.24, 2.45) is 15.3 Å². The average Bonchev–Trinajstić information content (AvgIpc) is 0.756. The molecule has 0 aliphatic heterocycles. The number of nitrogen functional groups attached to an aromatic ring is 2. The summed E-state index contributed by atoms with van der Waals surface area (Å²) < 4.78 is 348. The largest absolute Gasteiger partial charge is 1.00 e. The van der Waals surface area contributed by atoms with Crippen molar-refractivity contribution in [1.29, 1.82) is 0 Å². The minimum atomic E-state index is -9.71. The van der Waals surface area contributed by atoms with E-state index in [2.05, 4.69) is 34.8 Å². The second kappa shape index (κ2) is 49.9. The van der Waals surface area contributed by atoms with Gasteiger partial charge >= 0.3 is 86.6 Å². The van der Waals surface area contributed by atoms with E-state index in [1.807, 2.05) is 34.6 Å². The number of halogens is 27. The maximum Gasteiger partial charge on any atom is 1.00 e. The number of nitrogens with one attached hydrogen (secondary N) is 2. The summed E-state index contributed by atoms with van der Waals surface area (Å²) in [4.78, 5) is 25.0. The fourth-order valence-corrected chi connectivity index (χ4v) is 14.4. The standard InChI is InChI=1S/C16H15F5N4OS2.C11H16F5NOS2.C11H14F5NOS2.C9H9N3O2S.C7H8F5NS.C7H5F5OS.C4H11NOS.4C3H8O.B.2ClH.Na.Ti.H/c1-8-9(2)24-25-16-12(8)13(22)14(27-16)15(26)23-7-10-3-5-11(6-4-10)28(17,18,19,20)21;2*1-11(2,3)19(18)17-8-9-4-6-10(7-5-9)20(12,13,14,15)16;1-3-4(2)11-12-8-5(3)6(10)7(15-8)9(13)14;2*8-14(9,10,11,12)7-3-1-6(5-13)2-4-7;1-4(2,3)7(5)6;4*1-3(2)4;;;;;;/h3-6H,7,22H2,1-2H3,(H,23,26);4-7,17H,8H2,1-3H3;4-8H,1-3H3;10H2,1-2H3,(H,13,14);1-4H,5,13H2;1-5H;5H2,1-3H3;4*3-4H,1-2H3;;2*1H;;;/q;;;;;;;;;;;;;;+1;;-1. The van der Waals surface area contributed by atoms with E-state index >= 15 is 0 Å². The number of aliphatic hydroxyl groups excluding tert-OH is 4. The van der Waals surface area contributed by atoms with E-state index in [9.17, 15) is 124 Å². The molecule has 0 saturated heterocycles. The van der Waals surface area contributed by atoms with Gasteiger partial charge in [-0.25, -0.2) is 22.1 Å². The third-order valence-corrected chi connectivity index (χ3v) is 26.7. The zero-order valence-corrected chi connectivity index (χ0v) is 91.6. The molecule has 0 spiro atoms. The number of carbonyl (C=O) groups excluding carboxylic acids is 2. The number of rotatable bonds is 16. The maximum absolute atomic E-state index is 12.7. The van der Waals surface area contributed by atoms with Crippen molar-refractivity contribution in [3.63, 3.8) is 0 Å². The predicted molar refractivity (Wildman–Crippen MR) is 516 cm³/mol. The maximum atomic E-state index is 12.7. The summed E-state index contributed by atoms with van der Waals surface area (Å²) in [5.74, 6) is -1.57. The van der Waals surface area contributed by atoms with Crippen LogP contribution in [0.5, 0.6) is 0 Å². The van der Waals surface area contributed by atoms with E-state index in [1.165, 1.54) is 0 Å². The van der Waals surface area contributed by atoms with E-state index in [1.54, 1.807) is 111 Å². The van der Waals surface area contributed by atoms with Crippen LogP contribution < -0.4 is 61.9 Å². The molecule has 0 aliphatic rings. The van der Waals surface area contributed by atoms with Gasteiger partial charge in [0, 0.05) is 96.7 Å². The van der Waals surface area contributed by atoms with Crippen molar-refractivity contribution in [3.05, 3.63) is 181 Å². The fourth-order valence-electron chi connectivity index (χ4n) is 7.93. The van der Waals surface area contributed by atoms with E-state index in [-0.39, 0.29) is 191 Å². The van der Waals surface area contributed by atoms with Gasteiger partial charge in [0.1, 0.15) is 61.2 Å².